The Kier molecular flexibility index (Phi) is 5.00. The van der Waals surface area contributed by atoms with Crippen molar-refractivity contribution in [2.75, 3.05) is 5.32 Å². The largest absolute Gasteiger partial charge is 0.573 e. The molecule has 9 heteroatoms. The van der Waals surface area contributed by atoms with Gasteiger partial charge in [-0.15, -0.1) is 13.2 Å². The van der Waals surface area contributed by atoms with E-state index in [1.807, 2.05) is 20.8 Å². The normalized spacial score (nSPS) is 15.2. The maximum atomic E-state index is 13.0. The van der Waals surface area contributed by atoms with Crippen LogP contribution in [0.1, 0.15) is 58.1 Å². The van der Waals surface area contributed by atoms with Gasteiger partial charge in [0, 0.05) is 12.5 Å². The molecule has 1 aromatic heterocycles. The van der Waals surface area contributed by atoms with Crippen molar-refractivity contribution in [1.82, 2.24) is 9.55 Å². The van der Waals surface area contributed by atoms with Crippen molar-refractivity contribution in [2.45, 2.75) is 58.9 Å². The van der Waals surface area contributed by atoms with Crippen molar-refractivity contribution < 1.29 is 22.7 Å². The summed E-state index contributed by atoms with van der Waals surface area (Å²) in [5.74, 6) is -0.679. The Morgan fingerprint density at radius 1 is 1.36 bits per heavy atom. The van der Waals surface area contributed by atoms with E-state index in [-0.39, 0.29) is 46.3 Å². The van der Waals surface area contributed by atoms with Gasteiger partial charge in [-0.2, -0.15) is 5.26 Å². The molecule has 0 bridgehead atoms. The number of carbonyl (C=O) groups excluding carboxylic acids is 1. The first kappa shape index (κ1) is 20.0. The van der Waals surface area contributed by atoms with Gasteiger partial charge in [0.25, 0.3) is 0 Å². The van der Waals surface area contributed by atoms with Crippen LogP contribution in [0.25, 0.3) is 11.0 Å². The number of hydrogen-bond acceptors (Lipinski definition) is 4. The average molecular weight is 394 g/mol. The zero-order chi connectivity index (χ0) is 20.7. The molecule has 1 heterocycles. The first-order chi connectivity index (χ1) is 13.0. The molecule has 1 aliphatic carbocycles. The lowest BCUT2D eigenvalue weighted by molar-refractivity contribution is -0.274. The van der Waals surface area contributed by atoms with Gasteiger partial charge >= 0.3 is 6.36 Å². The molecule has 1 fully saturated rings. The maximum Gasteiger partial charge on any atom is 0.573 e. The molecule has 1 aromatic carbocycles. The van der Waals surface area contributed by atoms with Gasteiger partial charge < -0.3 is 9.30 Å². The van der Waals surface area contributed by atoms with Crippen LogP contribution in [0.4, 0.5) is 19.1 Å². The molecule has 0 spiro atoms. The van der Waals surface area contributed by atoms with Gasteiger partial charge in [-0.1, -0.05) is 20.8 Å². The van der Waals surface area contributed by atoms with Crippen molar-refractivity contribution in [3.63, 3.8) is 0 Å². The highest BCUT2D eigenvalue weighted by Crippen LogP contribution is 2.42. The molecule has 1 amide bonds. The quantitative estimate of drug-likeness (QED) is 0.799. The number of benzene rings is 1. The second kappa shape index (κ2) is 7.00. The Labute approximate surface area is 160 Å². The number of rotatable bonds is 4. The fourth-order valence-corrected chi connectivity index (χ4v) is 3.20. The van der Waals surface area contributed by atoms with E-state index >= 15 is 0 Å². The first-order valence-corrected chi connectivity index (χ1v) is 8.99. The van der Waals surface area contributed by atoms with Crippen LogP contribution in [-0.4, -0.2) is 21.8 Å². The molecule has 150 valence electrons. The van der Waals surface area contributed by atoms with E-state index in [9.17, 15) is 23.2 Å². The van der Waals surface area contributed by atoms with Crippen molar-refractivity contribution >= 4 is 22.9 Å². The molecule has 3 rings (SSSR count). The topological polar surface area (TPSA) is 79.9 Å². The van der Waals surface area contributed by atoms with Crippen LogP contribution in [0.2, 0.25) is 0 Å². The predicted molar refractivity (Wildman–Crippen MR) is 96.7 cm³/mol. The monoisotopic (exact) mass is 394 g/mol. The van der Waals surface area contributed by atoms with E-state index in [0.717, 1.165) is 19.3 Å². The highest BCUT2D eigenvalue weighted by molar-refractivity contribution is 5.94. The summed E-state index contributed by atoms with van der Waals surface area (Å²) >= 11 is 0. The number of anilines is 1. The fourth-order valence-electron chi connectivity index (χ4n) is 3.20. The van der Waals surface area contributed by atoms with Crippen LogP contribution < -0.4 is 10.1 Å². The Morgan fingerprint density at radius 3 is 2.54 bits per heavy atom. The lowest BCUT2D eigenvalue weighted by Crippen LogP contribution is -2.25. The lowest BCUT2D eigenvalue weighted by atomic mass is 9.92. The molecule has 0 radical (unpaired) electrons. The number of amides is 1. The number of fused-ring (bicyclic) bond motifs is 1. The SMILES string of the molecule is CC(C)(C)CC(=O)Nc1nc2ccc(C#N)c(OC(F)(F)F)c2n1C1CCC1. The zero-order valence-corrected chi connectivity index (χ0v) is 15.9. The number of aromatic nitrogens is 2. The maximum absolute atomic E-state index is 13.0. The highest BCUT2D eigenvalue weighted by atomic mass is 19.4. The summed E-state index contributed by atoms with van der Waals surface area (Å²) in [5, 5.41) is 12.0. The van der Waals surface area contributed by atoms with Crippen LogP contribution in [0, 0.1) is 16.7 Å². The van der Waals surface area contributed by atoms with Crippen LogP contribution in [0.15, 0.2) is 12.1 Å². The molecule has 6 nitrogen and oxygen atoms in total. The van der Waals surface area contributed by atoms with E-state index < -0.39 is 12.1 Å². The lowest BCUT2D eigenvalue weighted by Gasteiger charge is -2.29. The smallest absolute Gasteiger partial charge is 0.402 e. The molecule has 2 aromatic rings. The number of carbonyl (C=O) groups is 1. The van der Waals surface area contributed by atoms with Crippen LogP contribution in [-0.2, 0) is 4.79 Å². The van der Waals surface area contributed by atoms with Gasteiger partial charge in [-0.05, 0) is 36.8 Å². The molecule has 0 atom stereocenters. The average Bonchev–Trinajstić information content (AvgIpc) is 2.81. The Morgan fingerprint density at radius 2 is 2.04 bits per heavy atom. The van der Waals surface area contributed by atoms with E-state index in [4.69, 9.17) is 0 Å². The molecular formula is C19H21F3N4O2. The van der Waals surface area contributed by atoms with Crippen LogP contribution in [0.5, 0.6) is 5.75 Å². The van der Waals surface area contributed by atoms with Crippen molar-refractivity contribution in [3.8, 4) is 11.8 Å². The highest BCUT2D eigenvalue weighted by Gasteiger charge is 2.36. The standard InChI is InChI=1S/C19H21F3N4O2/c1-18(2,3)9-14(27)25-17-24-13-8-7-11(10-23)16(28-19(20,21)22)15(13)26(17)12-5-4-6-12/h7-8,12H,4-6,9H2,1-3H3,(H,24,25,27). The Hall–Kier alpha value is -2.76. The molecule has 0 unspecified atom stereocenters. The van der Waals surface area contributed by atoms with E-state index in [0.29, 0.717) is 0 Å². The summed E-state index contributed by atoms with van der Waals surface area (Å²) in [5.41, 5.74) is -0.183. The third kappa shape index (κ3) is 4.21. The van der Waals surface area contributed by atoms with Crippen molar-refractivity contribution in [3.05, 3.63) is 17.7 Å². The minimum absolute atomic E-state index is 0.0760. The Bertz CT molecular complexity index is 947. The molecule has 0 saturated heterocycles. The van der Waals surface area contributed by atoms with Gasteiger partial charge in [0.1, 0.15) is 11.6 Å². The van der Waals surface area contributed by atoms with Gasteiger partial charge in [-0.25, -0.2) is 4.98 Å². The molecular weight excluding hydrogens is 373 g/mol. The van der Waals surface area contributed by atoms with Crippen LogP contribution in [0.3, 0.4) is 0 Å². The van der Waals surface area contributed by atoms with Crippen molar-refractivity contribution in [2.24, 2.45) is 5.41 Å². The molecule has 0 aliphatic heterocycles. The number of hydrogen-bond donors (Lipinski definition) is 1. The van der Waals surface area contributed by atoms with Gasteiger partial charge in [0.05, 0.1) is 11.1 Å². The fraction of sp³-hybridized carbons (Fsp3) is 0.526. The second-order valence-electron chi connectivity index (χ2n) is 8.15. The number of ether oxygens (including phenoxy) is 1. The third-order valence-corrected chi connectivity index (χ3v) is 4.53. The van der Waals surface area contributed by atoms with Crippen molar-refractivity contribution in [1.29, 1.82) is 5.26 Å². The van der Waals surface area contributed by atoms with Crippen LogP contribution >= 0.6 is 0 Å². The molecule has 1 saturated carbocycles. The number of alkyl halides is 3. The number of nitrogens with one attached hydrogen (secondary N) is 1. The summed E-state index contributed by atoms with van der Waals surface area (Å²) < 4.78 is 44.7. The summed E-state index contributed by atoms with van der Waals surface area (Å²) in [4.78, 5) is 16.7. The van der Waals surface area contributed by atoms with E-state index in [1.165, 1.54) is 12.1 Å². The summed E-state index contributed by atoms with van der Waals surface area (Å²) in [6.07, 6.45) is -2.31. The van der Waals surface area contributed by atoms with Gasteiger partial charge in [-0.3, -0.25) is 10.1 Å². The number of halogens is 3. The zero-order valence-electron chi connectivity index (χ0n) is 15.9. The third-order valence-electron chi connectivity index (χ3n) is 4.53. The minimum atomic E-state index is -4.95. The van der Waals surface area contributed by atoms with Gasteiger partial charge in [0.2, 0.25) is 11.9 Å². The first-order valence-electron chi connectivity index (χ1n) is 8.99. The minimum Gasteiger partial charge on any atom is -0.402 e. The number of nitriles is 1. The Balaban J connectivity index is 2.14. The van der Waals surface area contributed by atoms with Gasteiger partial charge in [0.15, 0.2) is 5.75 Å². The van der Waals surface area contributed by atoms with E-state index in [1.54, 1.807) is 10.6 Å². The summed E-state index contributed by atoms with van der Waals surface area (Å²) in [6.45, 7) is 5.74. The summed E-state index contributed by atoms with van der Waals surface area (Å²) in [6, 6.07) is 4.33. The summed E-state index contributed by atoms with van der Waals surface area (Å²) in [7, 11) is 0. The van der Waals surface area contributed by atoms with E-state index in [2.05, 4.69) is 15.0 Å². The molecule has 28 heavy (non-hydrogen) atoms. The molecule has 1 aliphatic rings. The molecule has 1 N–H and O–H groups in total. The number of nitrogens with zero attached hydrogens (tertiary/aromatic N) is 3. The predicted octanol–water partition coefficient (Wildman–Crippen LogP) is 4.91. The number of imidazole rings is 1. The second-order valence-corrected chi connectivity index (χ2v) is 8.15.